The number of carbonyl (C=O) groups is 1. The number of H-pyrrole nitrogens is 1. The molecular formula is C16H18N4O2. The molecule has 0 aliphatic heterocycles. The first kappa shape index (κ1) is 15.6. The highest BCUT2D eigenvalue weighted by Gasteiger charge is 2.10. The smallest absolute Gasteiger partial charge is 0.283 e. The van der Waals surface area contributed by atoms with E-state index in [9.17, 15) is 9.59 Å². The van der Waals surface area contributed by atoms with Crippen molar-refractivity contribution >= 4 is 12.2 Å². The van der Waals surface area contributed by atoms with Gasteiger partial charge >= 0.3 is 0 Å². The first-order valence-electron chi connectivity index (χ1n) is 7.12. The molecule has 0 spiro atoms. The lowest BCUT2D eigenvalue weighted by Crippen LogP contribution is -2.22. The monoisotopic (exact) mass is 298 g/mol. The molecule has 6 nitrogen and oxygen atoms in total. The van der Waals surface area contributed by atoms with Crippen LogP contribution < -0.4 is 5.56 Å². The molecule has 2 heterocycles. The van der Waals surface area contributed by atoms with Gasteiger partial charge in [0.05, 0.1) is 6.34 Å². The van der Waals surface area contributed by atoms with E-state index < -0.39 is 11.5 Å². The van der Waals surface area contributed by atoms with Crippen LogP contribution in [0.25, 0.3) is 11.3 Å². The number of rotatable bonds is 5. The summed E-state index contributed by atoms with van der Waals surface area (Å²) in [5, 5.41) is 0. The predicted octanol–water partition coefficient (Wildman–Crippen LogP) is 1.95. The van der Waals surface area contributed by atoms with E-state index in [0.29, 0.717) is 5.69 Å². The number of aliphatic imine (C=N–C) groups is 1. The van der Waals surface area contributed by atoms with Gasteiger partial charge in [0.15, 0.2) is 0 Å². The Hall–Kier alpha value is -2.76. The Labute approximate surface area is 128 Å². The van der Waals surface area contributed by atoms with Crippen LogP contribution in [0.5, 0.6) is 0 Å². The van der Waals surface area contributed by atoms with Gasteiger partial charge < -0.3 is 9.88 Å². The maximum absolute atomic E-state index is 12.1. The van der Waals surface area contributed by atoms with Gasteiger partial charge in [-0.15, -0.1) is 0 Å². The Morgan fingerprint density at radius 2 is 1.91 bits per heavy atom. The van der Waals surface area contributed by atoms with E-state index in [1.807, 2.05) is 18.7 Å². The molecule has 2 rings (SSSR count). The highest BCUT2D eigenvalue weighted by molar-refractivity contribution is 5.98. The summed E-state index contributed by atoms with van der Waals surface area (Å²) in [6, 6.07) is 6.75. The third-order valence-corrected chi connectivity index (χ3v) is 3.28. The van der Waals surface area contributed by atoms with Gasteiger partial charge in [0.1, 0.15) is 5.56 Å². The topological polar surface area (TPSA) is 78.4 Å². The van der Waals surface area contributed by atoms with E-state index in [1.54, 1.807) is 30.6 Å². The average Bonchev–Trinajstić information content (AvgIpc) is 2.56. The van der Waals surface area contributed by atoms with Gasteiger partial charge in [-0.05, 0) is 38.1 Å². The van der Waals surface area contributed by atoms with Crippen LogP contribution in [0.2, 0.25) is 0 Å². The third-order valence-electron chi connectivity index (χ3n) is 3.28. The summed E-state index contributed by atoms with van der Waals surface area (Å²) >= 11 is 0. The Morgan fingerprint density at radius 3 is 2.50 bits per heavy atom. The molecule has 0 aromatic carbocycles. The van der Waals surface area contributed by atoms with E-state index in [1.165, 1.54) is 12.4 Å². The first-order chi connectivity index (χ1) is 10.7. The molecule has 0 aliphatic rings. The van der Waals surface area contributed by atoms with E-state index in [0.717, 1.165) is 18.7 Å². The quantitative estimate of drug-likeness (QED) is 0.676. The van der Waals surface area contributed by atoms with Crippen molar-refractivity contribution in [3.05, 3.63) is 52.6 Å². The lowest BCUT2D eigenvalue weighted by molar-refractivity contribution is 0.100. The van der Waals surface area contributed by atoms with Gasteiger partial charge in [0.2, 0.25) is 0 Å². The minimum absolute atomic E-state index is 0.0289. The van der Waals surface area contributed by atoms with Gasteiger partial charge in [0, 0.05) is 36.7 Å². The van der Waals surface area contributed by atoms with E-state index >= 15 is 0 Å². The van der Waals surface area contributed by atoms with Crippen molar-refractivity contribution in [3.63, 3.8) is 0 Å². The summed E-state index contributed by atoms with van der Waals surface area (Å²) in [6.45, 7) is 5.45. The fourth-order valence-electron chi connectivity index (χ4n) is 1.93. The van der Waals surface area contributed by atoms with Crippen molar-refractivity contribution in [2.24, 2.45) is 4.99 Å². The number of hydrogen-bond acceptors (Lipinski definition) is 3. The predicted molar refractivity (Wildman–Crippen MR) is 86.0 cm³/mol. The summed E-state index contributed by atoms with van der Waals surface area (Å²) in [5.74, 6) is -0.547. The van der Waals surface area contributed by atoms with E-state index in [2.05, 4.69) is 15.0 Å². The van der Waals surface area contributed by atoms with Gasteiger partial charge in [0.25, 0.3) is 11.5 Å². The number of nitrogens with one attached hydrogen (secondary N) is 1. The van der Waals surface area contributed by atoms with Crippen LogP contribution in [0.15, 0.2) is 46.4 Å². The molecule has 0 unspecified atom stereocenters. The van der Waals surface area contributed by atoms with Crippen molar-refractivity contribution in [2.45, 2.75) is 13.8 Å². The molecule has 1 N–H and O–H groups in total. The van der Waals surface area contributed by atoms with Crippen molar-refractivity contribution in [1.29, 1.82) is 0 Å². The minimum Gasteiger partial charge on any atom is -0.363 e. The fourth-order valence-corrected chi connectivity index (χ4v) is 1.93. The van der Waals surface area contributed by atoms with Crippen molar-refractivity contribution in [2.75, 3.05) is 13.1 Å². The van der Waals surface area contributed by atoms with Crippen LogP contribution in [0.1, 0.15) is 24.2 Å². The molecule has 0 fully saturated rings. The lowest BCUT2D eigenvalue weighted by Gasteiger charge is -2.12. The van der Waals surface area contributed by atoms with E-state index in [-0.39, 0.29) is 5.56 Å². The average molecular weight is 298 g/mol. The molecule has 0 saturated carbocycles. The Bertz CT molecular complexity index is 718. The third kappa shape index (κ3) is 3.66. The molecule has 6 heteroatoms. The van der Waals surface area contributed by atoms with Crippen LogP contribution in [-0.4, -0.2) is 40.2 Å². The first-order valence-corrected chi connectivity index (χ1v) is 7.12. The number of amides is 1. The zero-order valence-electron chi connectivity index (χ0n) is 12.6. The number of nitrogens with zero attached hydrogens (tertiary/aromatic N) is 3. The van der Waals surface area contributed by atoms with Crippen LogP contribution in [0.3, 0.4) is 0 Å². The number of carbonyl (C=O) groups excluding carboxylic acids is 1. The van der Waals surface area contributed by atoms with Crippen LogP contribution in [0, 0.1) is 0 Å². The summed E-state index contributed by atoms with van der Waals surface area (Å²) in [4.78, 5) is 36.4. The molecule has 2 aromatic heterocycles. The summed E-state index contributed by atoms with van der Waals surface area (Å²) in [6.07, 6.45) is 4.75. The molecule has 2 aromatic rings. The molecule has 0 radical (unpaired) electrons. The molecule has 22 heavy (non-hydrogen) atoms. The standard InChI is InChI=1S/C16H18N4O2/c1-3-20(4-2)11-18-15(21)13-5-6-14(19-16(13)22)12-7-9-17-10-8-12/h5-11H,3-4H2,1-2H3,(H,19,22). The second-order valence-electron chi connectivity index (χ2n) is 4.62. The van der Waals surface area contributed by atoms with Crippen molar-refractivity contribution in [3.8, 4) is 11.3 Å². The number of pyridine rings is 2. The summed E-state index contributed by atoms with van der Waals surface area (Å²) in [7, 11) is 0. The molecule has 114 valence electrons. The second kappa shape index (κ2) is 7.31. The molecule has 0 saturated heterocycles. The summed E-state index contributed by atoms with van der Waals surface area (Å²) in [5.41, 5.74) is 1.05. The molecular weight excluding hydrogens is 280 g/mol. The van der Waals surface area contributed by atoms with Crippen LogP contribution >= 0.6 is 0 Å². The maximum Gasteiger partial charge on any atom is 0.283 e. The largest absolute Gasteiger partial charge is 0.363 e. The van der Waals surface area contributed by atoms with Gasteiger partial charge in [-0.2, -0.15) is 4.99 Å². The van der Waals surface area contributed by atoms with Gasteiger partial charge in [-0.3, -0.25) is 14.6 Å². The summed E-state index contributed by atoms with van der Waals surface area (Å²) < 4.78 is 0. The normalized spacial score (nSPS) is 10.8. The van der Waals surface area contributed by atoms with Crippen LogP contribution in [-0.2, 0) is 0 Å². The van der Waals surface area contributed by atoms with Crippen molar-refractivity contribution < 1.29 is 4.79 Å². The van der Waals surface area contributed by atoms with Gasteiger partial charge in [-0.25, -0.2) is 0 Å². The van der Waals surface area contributed by atoms with Crippen LogP contribution in [0.4, 0.5) is 0 Å². The number of aromatic amines is 1. The zero-order valence-corrected chi connectivity index (χ0v) is 12.6. The van der Waals surface area contributed by atoms with E-state index in [4.69, 9.17) is 0 Å². The highest BCUT2D eigenvalue weighted by Crippen LogP contribution is 2.13. The molecule has 0 aliphatic carbocycles. The maximum atomic E-state index is 12.1. The zero-order chi connectivity index (χ0) is 15.9. The fraction of sp³-hybridized carbons (Fsp3) is 0.250. The van der Waals surface area contributed by atoms with Crippen molar-refractivity contribution in [1.82, 2.24) is 14.9 Å². The highest BCUT2D eigenvalue weighted by atomic mass is 16.2. The Balaban J connectivity index is 2.23. The molecule has 0 bridgehead atoms. The number of hydrogen-bond donors (Lipinski definition) is 1. The Kier molecular flexibility index (Phi) is 5.19. The molecule has 1 amide bonds. The molecule has 0 atom stereocenters. The van der Waals surface area contributed by atoms with Gasteiger partial charge in [-0.1, -0.05) is 0 Å². The lowest BCUT2D eigenvalue weighted by atomic mass is 10.1. The SMILES string of the molecule is CCN(C=NC(=O)c1ccc(-c2ccncc2)[nH]c1=O)CC. The minimum atomic E-state index is -0.547. The second-order valence-corrected chi connectivity index (χ2v) is 4.62. The Morgan fingerprint density at radius 1 is 1.23 bits per heavy atom. The number of aromatic nitrogens is 2.